The summed E-state index contributed by atoms with van der Waals surface area (Å²) >= 11 is 0. The lowest BCUT2D eigenvalue weighted by molar-refractivity contribution is -0.115. The molecule has 0 saturated carbocycles. The minimum atomic E-state index is -3.69. The second-order valence-corrected chi connectivity index (χ2v) is 8.65. The molecule has 1 amide bonds. The fourth-order valence-electron chi connectivity index (χ4n) is 2.88. The van der Waals surface area contributed by atoms with Crippen LogP contribution in [0.15, 0.2) is 57.9 Å². The smallest absolute Gasteiger partial charge is 0.261 e. The van der Waals surface area contributed by atoms with E-state index < -0.39 is 10.0 Å². The Balaban J connectivity index is 1.75. The zero-order valence-corrected chi connectivity index (χ0v) is 18.5. The molecule has 0 atom stereocenters. The lowest BCUT2D eigenvalue weighted by Crippen LogP contribution is -2.13. The van der Waals surface area contributed by atoms with Crippen molar-refractivity contribution in [3.05, 3.63) is 71.1 Å². The highest BCUT2D eigenvalue weighted by molar-refractivity contribution is 7.92. The minimum absolute atomic E-state index is 0.132. The van der Waals surface area contributed by atoms with Gasteiger partial charge in [0.1, 0.15) is 11.4 Å². The van der Waals surface area contributed by atoms with Gasteiger partial charge in [-0.25, -0.2) is 8.42 Å². The Morgan fingerprint density at radius 2 is 1.84 bits per heavy atom. The fraction of sp³-hybridized carbons (Fsp3) is 0.217. The lowest BCUT2D eigenvalue weighted by Gasteiger charge is -2.09. The number of nitrogens with zero attached hydrogens (tertiary/aromatic N) is 1. The first-order valence-corrected chi connectivity index (χ1v) is 11.5. The Kier molecular flexibility index (Phi) is 6.91. The largest absolute Gasteiger partial charge is 0.354 e. The van der Waals surface area contributed by atoms with Crippen molar-refractivity contribution in [3.63, 3.8) is 0 Å². The quantitative estimate of drug-likeness (QED) is 0.522. The summed E-state index contributed by atoms with van der Waals surface area (Å²) in [6.45, 7) is 5.52. The first-order chi connectivity index (χ1) is 14.8. The zero-order chi connectivity index (χ0) is 22.4. The average molecular weight is 440 g/mol. The summed E-state index contributed by atoms with van der Waals surface area (Å²) in [5.41, 5.74) is 3.47. The highest BCUT2D eigenvalue weighted by atomic mass is 32.2. The van der Waals surface area contributed by atoms with Gasteiger partial charge in [-0.05, 0) is 54.8 Å². The molecule has 0 aliphatic carbocycles. The third-order valence-electron chi connectivity index (χ3n) is 4.68. The van der Waals surface area contributed by atoms with Crippen LogP contribution in [0.3, 0.4) is 0 Å². The molecule has 1 aromatic heterocycles. The van der Waals surface area contributed by atoms with Crippen molar-refractivity contribution in [1.82, 2.24) is 5.16 Å². The molecule has 0 aliphatic heterocycles. The van der Waals surface area contributed by atoms with E-state index in [4.69, 9.17) is 4.52 Å². The standard InChI is InChI=1S/C23H25N3O4S/c1-4-17-7-6-8-19(15-17)26-31(28,29)20-12-9-18(10-13-20)11-14-21-23(16(3)25-30-21)24-22(27)5-2/h6-15,26H,4-5H2,1-3H3,(H,24,27). The summed E-state index contributed by atoms with van der Waals surface area (Å²) in [5, 5.41) is 6.66. The number of hydrogen-bond acceptors (Lipinski definition) is 5. The Hall–Kier alpha value is -3.39. The number of rotatable bonds is 8. The molecule has 3 aromatic rings. The van der Waals surface area contributed by atoms with Crippen LogP contribution in [0.4, 0.5) is 11.4 Å². The maximum Gasteiger partial charge on any atom is 0.261 e. The van der Waals surface area contributed by atoms with E-state index in [-0.39, 0.29) is 10.8 Å². The van der Waals surface area contributed by atoms with Gasteiger partial charge < -0.3 is 9.84 Å². The number of benzene rings is 2. The van der Waals surface area contributed by atoms with Crippen LogP contribution in [0, 0.1) is 6.92 Å². The van der Waals surface area contributed by atoms with E-state index in [1.807, 2.05) is 25.1 Å². The van der Waals surface area contributed by atoms with Crippen molar-refractivity contribution in [2.45, 2.75) is 38.5 Å². The van der Waals surface area contributed by atoms with Gasteiger partial charge >= 0.3 is 0 Å². The van der Waals surface area contributed by atoms with Gasteiger partial charge in [0.25, 0.3) is 10.0 Å². The molecule has 31 heavy (non-hydrogen) atoms. The van der Waals surface area contributed by atoms with E-state index >= 15 is 0 Å². The first kappa shape index (κ1) is 22.3. The van der Waals surface area contributed by atoms with Crippen LogP contribution in [-0.4, -0.2) is 19.5 Å². The second kappa shape index (κ2) is 9.61. The molecule has 2 aromatic carbocycles. The Morgan fingerprint density at radius 3 is 2.52 bits per heavy atom. The number of aryl methyl sites for hydroxylation is 2. The molecule has 8 heteroatoms. The summed E-state index contributed by atoms with van der Waals surface area (Å²) in [6, 6.07) is 13.8. The third-order valence-corrected chi connectivity index (χ3v) is 6.08. The normalized spacial score (nSPS) is 11.6. The van der Waals surface area contributed by atoms with Crippen LogP contribution < -0.4 is 10.0 Å². The molecule has 0 aliphatic rings. The van der Waals surface area contributed by atoms with Gasteiger partial charge in [0.15, 0.2) is 5.76 Å². The number of amides is 1. The summed E-state index contributed by atoms with van der Waals surface area (Å²) in [5.74, 6) is 0.293. The van der Waals surface area contributed by atoms with Crippen molar-refractivity contribution in [3.8, 4) is 0 Å². The predicted octanol–water partition coefficient (Wildman–Crippen LogP) is 4.87. The van der Waals surface area contributed by atoms with Crippen molar-refractivity contribution < 1.29 is 17.7 Å². The number of sulfonamides is 1. The van der Waals surface area contributed by atoms with Crippen LogP contribution in [0.2, 0.25) is 0 Å². The van der Waals surface area contributed by atoms with E-state index in [1.54, 1.807) is 44.2 Å². The van der Waals surface area contributed by atoms with Gasteiger partial charge in [-0.3, -0.25) is 9.52 Å². The lowest BCUT2D eigenvalue weighted by atomic mass is 10.1. The summed E-state index contributed by atoms with van der Waals surface area (Å²) in [4.78, 5) is 11.9. The average Bonchev–Trinajstić information content (AvgIpc) is 3.11. The van der Waals surface area contributed by atoms with Gasteiger partial charge in [-0.2, -0.15) is 0 Å². The van der Waals surface area contributed by atoms with E-state index in [2.05, 4.69) is 15.2 Å². The molecule has 0 fully saturated rings. The van der Waals surface area contributed by atoms with Gasteiger partial charge in [0, 0.05) is 12.1 Å². The number of nitrogens with one attached hydrogen (secondary N) is 2. The van der Waals surface area contributed by atoms with E-state index in [1.165, 1.54) is 12.1 Å². The second-order valence-electron chi connectivity index (χ2n) is 6.97. The molecule has 0 bridgehead atoms. The van der Waals surface area contributed by atoms with Gasteiger partial charge in [0.05, 0.1) is 4.90 Å². The molecule has 0 unspecified atom stereocenters. The number of aromatic nitrogens is 1. The van der Waals surface area contributed by atoms with Crippen LogP contribution in [0.5, 0.6) is 0 Å². The van der Waals surface area contributed by atoms with Crippen molar-refractivity contribution >= 4 is 39.5 Å². The summed E-state index contributed by atoms with van der Waals surface area (Å²) < 4.78 is 33.2. The molecule has 0 spiro atoms. The molecule has 1 heterocycles. The maximum absolute atomic E-state index is 12.7. The fourth-order valence-corrected chi connectivity index (χ4v) is 3.93. The molecule has 3 rings (SSSR count). The maximum atomic E-state index is 12.7. The monoisotopic (exact) mass is 439 g/mol. The van der Waals surface area contributed by atoms with Gasteiger partial charge in [-0.15, -0.1) is 0 Å². The van der Waals surface area contributed by atoms with Crippen LogP contribution in [-0.2, 0) is 21.2 Å². The Morgan fingerprint density at radius 1 is 1.10 bits per heavy atom. The van der Waals surface area contributed by atoms with Crippen LogP contribution in [0.1, 0.15) is 42.8 Å². The number of anilines is 2. The summed E-state index contributed by atoms with van der Waals surface area (Å²) in [7, 11) is -3.69. The molecule has 2 N–H and O–H groups in total. The molecular weight excluding hydrogens is 414 g/mol. The SMILES string of the molecule is CCC(=O)Nc1c(C)noc1C=Cc1ccc(S(=O)(=O)Nc2cccc(CC)c2)cc1. The predicted molar refractivity (Wildman–Crippen MR) is 122 cm³/mol. The Labute approximate surface area is 182 Å². The minimum Gasteiger partial charge on any atom is -0.354 e. The van der Waals surface area contributed by atoms with E-state index in [9.17, 15) is 13.2 Å². The van der Waals surface area contributed by atoms with Crippen molar-refractivity contribution in [2.75, 3.05) is 10.0 Å². The first-order valence-electron chi connectivity index (χ1n) is 9.98. The van der Waals surface area contributed by atoms with Crippen molar-refractivity contribution in [2.24, 2.45) is 0 Å². The number of carbonyl (C=O) groups is 1. The van der Waals surface area contributed by atoms with E-state index in [0.29, 0.717) is 29.2 Å². The molecule has 7 nitrogen and oxygen atoms in total. The van der Waals surface area contributed by atoms with Gasteiger partial charge in [0.2, 0.25) is 5.91 Å². The van der Waals surface area contributed by atoms with Crippen LogP contribution in [0.25, 0.3) is 12.2 Å². The molecular formula is C23H25N3O4S. The topological polar surface area (TPSA) is 101 Å². The number of hydrogen-bond donors (Lipinski definition) is 2. The highest BCUT2D eigenvalue weighted by Gasteiger charge is 2.15. The molecule has 0 saturated heterocycles. The van der Waals surface area contributed by atoms with Crippen molar-refractivity contribution in [1.29, 1.82) is 0 Å². The third kappa shape index (κ3) is 5.61. The summed E-state index contributed by atoms with van der Waals surface area (Å²) in [6.07, 6.45) is 4.62. The molecule has 0 radical (unpaired) electrons. The Bertz CT molecular complexity index is 1200. The molecule has 162 valence electrons. The van der Waals surface area contributed by atoms with Crippen LogP contribution >= 0.6 is 0 Å². The van der Waals surface area contributed by atoms with Gasteiger partial charge in [-0.1, -0.05) is 49.3 Å². The van der Waals surface area contributed by atoms with E-state index in [0.717, 1.165) is 17.5 Å². The highest BCUT2D eigenvalue weighted by Crippen LogP contribution is 2.23. The number of carbonyl (C=O) groups excluding carboxylic acids is 1. The zero-order valence-electron chi connectivity index (χ0n) is 17.7.